The average molecular weight is 406 g/mol. The summed E-state index contributed by atoms with van der Waals surface area (Å²) in [6, 6.07) is 8.21. The molecule has 0 bridgehead atoms. The first-order chi connectivity index (χ1) is 13.3. The van der Waals surface area contributed by atoms with E-state index in [-0.39, 0.29) is 23.4 Å². The Bertz CT molecular complexity index is 803. The summed E-state index contributed by atoms with van der Waals surface area (Å²) in [5.74, 6) is -0.304. The van der Waals surface area contributed by atoms with Gasteiger partial charge in [-0.25, -0.2) is 4.68 Å². The summed E-state index contributed by atoms with van der Waals surface area (Å²) in [6.07, 6.45) is 2.24. The molecule has 7 nitrogen and oxygen atoms in total. The van der Waals surface area contributed by atoms with E-state index in [2.05, 4.69) is 15.7 Å². The van der Waals surface area contributed by atoms with Crippen molar-refractivity contribution in [2.24, 2.45) is 5.92 Å². The van der Waals surface area contributed by atoms with E-state index in [4.69, 9.17) is 11.6 Å². The maximum absolute atomic E-state index is 12.6. The zero-order valence-corrected chi connectivity index (χ0v) is 17.5. The van der Waals surface area contributed by atoms with Crippen molar-refractivity contribution in [1.29, 1.82) is 0 Å². The van der Waals surface area contributed by atoms with Gasteiger partial charge in [-0.2, -0.15) is 5.10 Å². The number of halogens is 1. The van der Waals surface area contributed by atoms with Crippen LogP contribution < -0.4 is 10.6 Å². The maximum atomic E-state index is 12.6. The molecule has 2 aromatic rings. The van der Waals surface area contributed by atoms with Gasteiger partial charge >= 0.3 is 0 Å². The predicted molar refractivity (Wildman–Crippen MR) is 111 cm³/mol. The van der Waals surface area contributed by atoms with Crippen molar-refractivity contribution in [3.63, 3.8) is 0 Å². The number of nitrogens with one attached hydrogen (secondary N) is 2. The van der Waals surface area contributed by atoms with Gasteiger partial charge in [0.1, 0.15) is 6.04 Å². The molecule has 0 saturated heterocycles. The van der Waals surface area contributed by atoms with Crippen molar-refractivity contribution in [3.8, 4) is 5.69 Å². The Kier molecular flexibility index (Phi) is 8.02. The Balaban J connectivity index is 2.05. The van der Waals surface area contributed by atoms with Gasteiger partial charge in [-0.05, 0) is 50.7 Å². The van der Waals surface area contributed by atoms with Gasteiger partial charge in [0.25, 0.3) is 5.91 Å². The van der Waals surface area contributed by atoms with E-state index in [1.807, 2.05) is 45.0 Å². The van der Waals surface area contributed by atoms with Crippen LogP contribution in [-0.4, -0.2) is 59.7 Å². The first kappa shape index (κ1) is 21.9. The van der Waals surface area contributed by atoms with E-state index in [0.717, 1.165) is 12.2 Å². The van der Waals surface area contributed by atoms with E-state index < -0.39 is 6.04 Å². The molecule has 1 aromatic carbocycles. The third kappa shape index (κ3) is 6.65. The number of hydrogen-bond acceptors (Lipinski definition) is 4. The number of aromatic nitrogens is 2. The smallest absolute Gasteiger partial charge is 0.272 e. The zero-order chi connectivity index (χ0) is 20.7. The fraction of sp³-hybridized carbons (Fsp3) is 0.450. The fourth-order valence-electron chi connectivity index (χ4n) is 2.67. The second-order valence-corrected chi connectivity index (χ2v) is 7.81. The van der Waals surface area contributed by atoms with E-state index in [9.17, 15) is 9.59 Å². The van der Waals surface area contributed by atoms with Crippen LogP contribution in [0.25, 0.3) is 5.69 Å². The highest BCUT2D eigenvalue weighted by molar-refractivity contribution is 6.30. The minimum atomic E-state index is -0.606. The molecule has 152 valence electrons. The number of benzene rings is 1. The standard InChI is InChI=1S/C20H28ClN5O2/c1-14(2)12-18(19(27)22-9-11-25(3)4)23-20(28)17-8-10-26(24-17)16-7-5-6-15(21)13-16/h5-8,10,13-14,18H,9,11-12H2,1-4H3,(H,22,27)(H,23,28)/t18-/m0/s1. The van der Waals surface area contributed by atoms with Crippen molar-refractivity contribution in [2.75, 3.05) is 27.2 Å². The molecule has 2 rings (SSSR count). The molecule has 0 aliphatic heterocycles. The Morgan fingerprint density at radius 1 is 1.25 bits per heavy atom. The van der Waals surface area contributed by atoms with Crippen LogP contribution in [0.4, 0.5) is 0 Å². The molecule has 0 aliphatic carbocycles. The van der Waals surface area contributed by atoms with Crippen LogP contribution in [0.2, 0.25) is 5.02 Å². The summed E-state index contributed by atoms with van der Waals surface area (Å²) in [7, 11) is 3.88. The zero-order valence-electron chi connectivity index (χ0n) is 16.8. The maximum Gasteiger partial charge on any atom is 0.272 e. The third-order valence-electron chi connectivity index (χ3n) is 4.08. The highest BCUT2D eigenvalue weighted by Gasteiger charge is 2.23. The number of amides is 2. The second kappa shape index (κ2) is 10.2. The van der Waals surface area contributed by atoms with Crippen molar-refractivity contribution in [2.45, 2.75) is 26.3 Å². The lowest BCUT2D eigenvalue weighted by Crippen LogP contribution is -2.48. The van der Waals surface area contributed by atoms with E-state index in [0.29, 0.717) is 18.0 Å². The Morgan fingerprint density at radius 2 is 2.00 bits per heavy atom. The number of rotatable bonds is 9. The van der Waals surface area contributed by atoms with Crippen molar-refractivity contribution < 1.29 is 9.59 Å². The Labute approximate surface area is 171 Å². The topological polar surface area (TPSA) is 79.3 Å². The highest BCUT2D eigenvalue weighted by Crippen LogP contribution is 2.14. The van der Waals surface area contributed by atoms with Crippen LogP contribution in [0.5, 0.6) is 0 Å². The molecule has 0 saturated carbocycles. The summed E-state index contributed by atoms with van der Waals surface area (Å²) >= 11 is 6.01. The van der Waals surface area contributed by atoms with Crippen LogP contribution in [0.1, 0.15) is 30.8 Å². The van der Waals surface area contributed by atoms with Crippen LogP contribution >= 0.6 is 11.6 Å². The number of likely N-dealkylation sites (N-methyl/N-ethyl adjacent to an activating group) is 1. The highest BCUT2D eigenvalue weighted by atomic mass is 35.5. The Hall–Kier alpha value is -2.38. The molecule has 2 amide bonds. The molecule has 0 unspecified atom stereocenters. The van der Waals surface area contributed by atoms with Crippen LogP contribution in [0.3, 0.4) is 0 Å². The van der Waals surface area contributed by atoms with Crippen LogP contribution in [0.15, 0.2) is 36.5 Å². The van der Waals surface area contributed by atoms with E-state index in [1.165, 1.54) is 0 Å². The minimum absolute atomic E-state index is 0.182. The van der Waals surface area contributed by atoms with Gasteiger partial charge < -0.3 is 15.5 Å². The lowest BCUT2D eigenvalue weighted by atomic mass is 10.0. The summed E-state index contributed by atoms with van der Waals surface area (Å²) in [5, 5.41) is 10.6. The van der Waals surface area contributed by atoms with Crippen molar-refractivity contribution in [3.05, 3.63) is 47.2 Å². The normalized spacial score (nSPS) is 12.2. The van der Waals surface area contributed by atoms with Gasteiger partial charge in [-0.3, -0.25) is 9.59 Å². The average Bonchev–Trinajstić information content (AvgIpc) is 3.10. The molecular formula is C20H28ClN5O2. The lowest BCUT2D eigenvalue weighted by Gasteiger charge is -2.20. The molecule has 28 heavy (non-hydrogen) atoms. The van der Waals surface area contributed by atoms with Crippen LogP contribution in [-0.2, 0) is 4.79 Å². The number of carbonyl (C=O) groups is 2. The monoisotopic (exact) mass is 405 g/mol. The summed E-state index contributed by atoms with van der Waals surface area (Å²) < 4.78 is 1.58. The van der Waals surface area contributed by atoms with Gasteiger partial charge in [0.15, 0.2) is 5.69 Å². The van der Waals surface area contributed by atoms with Gasteiger partial charge in [-0.1, -0.05) is 31.5 Å². The lowest BCUT2D eigenvalue weighted by molar-refractivity contribution is -0.123. The molecule has 0 radical (unpaired) electrons. The molecule has 8 heteroatoms. The first-order valence-electron chi connectivity index (χ1n) is 9.31. The Morgan fingerprint density at radius 3 is 2.64 bits per heavy atom. The molecule has 1 heterocycles. The molecule has 1 aromatic heterocycles. The van der Waals surface area contributed by atoms with Gasteiger partial charge in [0, 0.05) is 24.3 Å². The van der Waals surface area contributed by atoms with E-state index >= 15 is 0 Å². The molecule has 2 N–H and O–H groups in total. The first-order valence-corrected chi connectivity index (χ1v) is 9.69. The quantitative estimate of drug-likeness (QED) is 0.671. The molecule has 0 spiro atoms. The number of nitrogens with zero attached hydrogens (tertiary/aromatic N) is 3. The van der Waals surface area contributed by atoms with Gasteiger partial charge in [0.2, 0.25) is 5.91 Å². The number of carbonyl (C=O) groups excluding carboxylic acids is 2. The van der Waals surface area contributed by atoms with Crippen LogP contribution in [0, 0.1) is 5.92 Å². The predicted octanol–water partition coefficient (Wildman–Crippen LogP) is 2.35. The second-order valence-electron chi connectivity index (χ2n) is 7.38. The summed E-state index contributed by atoms with van der Waals surface area (Å²) in [4.78, 5) is 27.1. The van der Waals surface area contributed by atoms with E-state index in [1.54, 1.807) is 29.1 Å². The van der Waals surface area contributed by atoms with Crippen molar-refractivity contribution >= 4 is 23.4 Å². The molecule has 0 fully saturated rings. The fourth-order valence-corrected chi connectivity index (χ4v) is 2.85. The summed E-state index contributed by atoms with van der Waals surface area (Å²) in [5.41, 5.74) is 1.00. The SMILES string of the molecule is CC(C)C[C@H](NC(=O)c1ccn(-c2cccc(Cl)c2)n1)C(=O)NCCN(C)C. The summed E-state index contributed by atoms with van der Waals surface area (Å²) in [6.45, 7) is 5.29. The van der Waals surface area contributed by atoms with Gasteiger partial charge in [-0.15, -0.1) is 0 Å². The van der Waals surface area contributed by atoms with Gasteiger partial charge in [0.05, 0.1) is 5.69 Å². The van der Waals surface area contributed by atoms with Crippen molar-refractivity contribution in [1.82, 2.24) is 25.3 Å². The third-order valence-corrected chi connectivity index (χ3v) is 4.32. The minimum Gasteiger partial charge on any atom is -0.353 e. The molecule has 1 atom stereocenters. The number of hydrogen-bond donors (Lipinski definition) is 2. The molecule has 0 aliphatic rings. The molecular weight excluding hydrogens is 378 g/mol. The largest absolute Gasteiger partial charge is 0.353 e.